The lowest BCUT2D eigenvalue weighted by Crippen LogP contribution is -2.41. The van der Waals surface area contributed by atoms with Crippen LogP contribution in [0.15, 0.2) is 24.3 Å². The molecule has 0 aromatic heterocycles. The molecule has 1 heterocycles. The third-order valence-corrected chi connectivity index (χ3v) is 3.54. The molecule has 124 valence electrons. The van der Waals surface area contributed by atoms with E-state index in [1.165, 1.54) is 0 Å². The summed E-state index contributed by atoms with van der Waals surface area (Å²) in [5.74, 6) is -0.790. The molecule has 2 rings (SSSR count). The van der Waals surface area contributed by atoms with E-state index in [0.717, 1.165) is 0 Å². The van der Waals surface area contributed by atoms with Crippen LogP contribution in [0.25, 0.3) is 0 Å². The van der Waals surface area contributed by atoms with E-state index in [2.05, 4.69) is 5.32 Å². The Balaban J connectivity index is 1.84. The molecule has 23 heavy (non-hydrogen) atoms. The van der Waals surface area contributed by atoms with E-state index in [9.17, 15) is 14.4 Å². The first-order chi connectivity index (χ1) is 11.0. The van der Waals surface area contributed by atoms with E-state index < -0.39 is 5.97 Å². The Kier molecular flexibility index (Phi) is 5.56. The maximum atomic E-state index is 12.0. The van der Waals surface area contributed by atoms with Crippen LogP contribution in [0.4, 0.5) is 5.69 Å². The minimum absolute atomic E-state index is 0.00953. The number of carbonyl (C=O) groups excluding carboxylic acids is 2. The second kappa shape index (κ2) is 7.62. The Morgan fingerprint density at radius 3 is 2.87 bits per heavy atom. The van der Waals surface area contributed by atoms with Gasteiger partial charge in [-0.15, -0.1) is 0 Å². The van der Waals surface area contributed by atoms with Crippen molar-refractivity contribution in [2.24, 2.45) is 5.92 Å². The predicted octanol–water partition coefficient (Wildman–Crippen LogP) is 1.03. The molecule has 1 atom stereocenters. The highest BCUT2D eigenvalue weighted by molar-refractivity contribution is 5.98. The van der Waals surface area contributed by atoms with Crippen LogP contribution in [-0.2, 0) is 14.4 Å². The lowest BCUT2D eigenvalue weighted by molar-refractivity contribution is -0.138. The number of ether oxygens (including phenoxy) is 1. The van der Waals surface area contributed by atoms with E-state index in [0.29, 0.717) is 18.0 Å². The summed E-state index contributed by atoms with van der Waals surface area (Å²) in [7, 11) is 0. The normalized spacial score (nSPS) is 14.7. The molecule has 1 aliphatic rings. The van der Waals surface area contributed by atoms with Crippen LogP contribution in [0.2, 0.25) is 0 Å². The Morgan fingerprint density at radius 2 is 2.13 bits per heavy atom. The van der Waals surface area contributed by atoms with Crippen molar-refractivity contribution in [3.8, 4) is 5.75 Å². The van der Waals surface area contributed by atoms with Gasteiger partial charge in [-0.1, -0.05) is 19.1 Å². The number of amides is 2. The molecule has 1 aromatic carbocycles. The first-order valence-electron chi connectivity index (χ1n) is 7.48. The van der Waals surface area contributed by atoms with Gasteiger partial charge >= 0.3 is 5.97 Å². The Bertz CT molecular complexity index is 602. The highest BCUT2D eigenvalue weighted by Crippen LogP contribution is 2.31. The molecule has 0 aliphatic carbocycles. The number of rotatable bonds is 7. The van der Waals surface area contributed by atoms with Gasteiger partial charge in [0.25, 0.3) is 5.91 Å². The molecule has 0 saturated carbocycles. The van der Waals surface area contributed by atoms with E-state index in [1.807, 2.05) is 6.07 Å². The van der Waals surface area contributed by atoms with Crippen molar-refractivity contribution in [2.75, 3.05) is 24.6 Å². The summed E-state index contributed by atoms with van der Waals surface area (Å²) in [5.41, 5.74) is 0.663. The highest BCUT2D eigenvalue weighted by atomic mass is 16.5. The third-order valence-electron chi connectivity index (χ3n) is 3.54. The van der Waals surface area contributed by atoms with Crippen molar-refractivity contribution in [1.82, 2.24) is 5.32 Å². The number of carbonyl (C=O) groups is 3. The molecule has 7 nitrogen and oxygen atoms in total. The van der Waals surface area contributed by atoms with Gasteiger partial charge in [0.1, 0.15) is 5.75 Å². The van der Waals surface area contributed by atoms with Crippen molar-refractivity contribution < 1.29 is 24.2 Å². The number of aliphatic carboxylic acids is 1. The number of para-hydroxylation sites is 2. The van der Waals surface area contributed by atoms with Crippen molar-refractivity contribution in [3.05, 3.63) is 24.3 Å². The fourth-order valence-electron chi connectivity index (χ4n) is 2.36. The largest absolute Gasteiger partial charge is 0.482 e. The number of nitrogens with one attached hydrogen (secondary N) is 1. The fourth-order valence-corrected chi connectivity index (χ4v) is 2.36. The van der Waals surface area contributed by atoms with Crippen molar-refractivity contribution >= 4 is 23.5 Å². The molecule has 0 fully saturated rings. The number of hydrogen-bond acceptors (Lipinski definition) is 4. The monoisotopic (exact) mass is 320 g/mol. The predicted molar refractivity (Wildman–Crippen MR) is 83.3 cm³/mol. The molecule has 1 aliphatic heterocycles. The molecule has 1 unspecified atom stereocenters. The highest BCUT2D eigenvalue weighted by Gasteiger charge is 2.25. The maximum Gasteiger partial charge on any atom is 0.303 e. The standard InChI is InChI=1S/C16H20N2O5/c1-11(8-16(21)22)9-17-14(19)6-7-18-12-4-2-3-5-13(12)23-10-15(18)20/h2-5,11H,6-10H2,1H3,(H,17,19)(H,21,22). The summed E-state index contributed by atoms with van der Waals surface area (Å²) in [5, 5.41) is 11.4. The quantitative estimate of drug-likeness (QED) is 0.782. The minimum atomic E-state index is -0.887. The minimum Gasteiger partial charge on any atom is -0.482 e. The molecule has 7 heteroatoms. The van der Waals surface area contributed by atoms with E-state index >= 15 is 0 Å². The summed E-state index contributed by atoms with van der Waals surface area (Å²) >= 11 is 0. The molecule has 2 N–H and O–H groups in total. The van der Waals surface area contributed by atoms with Gasteiger partial charge in [0, 0.05) is 25.9 Å². The lowest BCUT2D eigenvalue weighted by atomic mass is 10.1. The molecule has 2 amide bonds. The number of benzene rings is 1. The van der Waals surface area contributed by atoms with E-state index in [4.69, 9.17) is 9.84 Å². The topological polar surface area (TPSA) is 95.9 Å². The smallest absolute Gasteiger partial charge is 0.303 e. The van der Waals surface area contributed by atoms with Crippen molar-refractivity contribution in [2.45, 2.75) is 19.8 Å². The second-order valence-corrected chi connectivity index (χ2v) is 5.56. The van der Waals surface area contributed by atoms with Crippen molar-refractivity contribution in [1.29, 1.82) is 0 Å². The number of carboxylic acids is 1. The van der Waals surface area contributed by atoms with Gasteiger partial charge in [-0.05, 0) is 18.1 Å². The fraction of sp³-hybridized carbons (Fsp3) is 0.438. The molecular weight excluding hydrogens is 300 g/mol. The SMILES string of the molecule is CC(CNC(=O)CCN1C(=O)COc2ccccc21)CC(=O)O. The number of anilines is 1. The van der Waals surface area contributed by atoms with Gasteiger partial charge in [0.2, 0.25) is 5.91 Å². The number of hydrogen-bond donors (Lipinski definition) is 2. The Hall–Kier alpha value is -2.57. The molecular formula is C16H20N2O5. The van der Waals surface area contributed by atoms with Crippen LogP contribution >= 0.6 is 0 Å². The first-order valence-corrected chi connectivity index (χ1v) is 7.48. The van der Waals surface area contributed by atoms with Gasteiger partial charge in [-0.3, -0.25) is 14.4 Å². The van der Waals surface area contributed by atoms with Crippen molar-refractivity contribution in [3.63, 3.8) is 0 Å². The third kappa shape index (κ3) is 4.70. The van der Waals surface area contributed by atoms with Crippen LogP contribution in [0.1, 0.15) is 19.8 Å². The molecule has 0 saturated heterocycles. The van der Waals surface area contributed by atoms with Gasteiger partial charge in [-0.2, -0.15) is 0 Å². The van der Waals surface area contributed by atoms with Crippen LogP contribution in [0.5, 0.6) is 5.75 Å². The molecule has 0 spiro atoms. The number of fused-ring (bicyclic) bond motifs is 1. The van der Waals surface area contributed by atoms with Gasteiger partial charge in [0.15, 0.2) is 6.61 Å². The zero-order valence-electron chi connectivity index (χ0n) is 12.9. The summed E-state index contributed by atoms with van der Waals surface area (Å²) in [4.78, 5) is 35.9. The van der Waals surface area contributed by atoms with Crippen LogP contribution in [0, 0.1) is 5.92 Å². The Morgan fingerprint density at radius 1 is 1.39 bits per heavy atom. The zero-order chi connectivity index (χ0) is 16.8. The summed E-state index contributed by atoms with van der Waals surface area (Å²) in [6.45, 7) is 2.29. The van der Waals surface area contributed by atoms with Crippen LogP contribution in [0.3, 0.4) is 0 Å². The second-order valence-electron chi connectivity index (χ2n) is 5.56. The number of carboxylic acid groups (broad SMARTS) is 1. The summed E-state index contributed by atoms with van der Waals surface area (Å²) in [6.07, 6.45) is 0.162. The molecule has 1 aromatic rings. The average Bonchev–Trinajstić information content (AvgIpc) is 2.51. The molecule has 0 bridgehead atoms. The number of nitrogens with zero attached hydrogens (tertiary/aromatic N) is 1. The first kappa shape index (κ1) is 16.8. The van der Waals surface area contributed by atoms with E-state index in [1.54, 1.807) is 30.0 Å². The lowest BCUT2D eigenvalue weighted by Gasteiger charge is -2.29. The summed E-state index contributed by atoms with van der Waals surface area (Å²) < 4.78 is 5.34. The van der Waals surface area contributed by atoms with Gasteiger partial charge < -0.3 is 20.1 Å². The molecule has 0 radical (unpaired) electrons. The van der Waals surface area contributed by atoms with Gasteiger partial charge in [0.05, 0.1) is 5.69 Å². The zero-order valence-corrected chi connectivity index (χ0v) is 12.9. The average molecular weight is 320 g/mol. The van der Waals surface area contributed by atoms with Gasteiger partial charge in [-0.25, -0.2) is 0 Å². The Labute approximate surface area is 134 Å². The van der Waals surface area contributed by atoms with Crippen LogP contribution in [-0.4, -0.2) is 42.6 Å². The van der Waals surface area contributed by atoms with E-state index in [-0.39, 0.29) is 43.7 Å². The summed E-state index contributed by atoms with van der Waals surface area (Å²) in [6, 6.07) is 7.19. The van der Waals surface area contributed by atoms with Crippen LogP contribution < -0.4 is 15.0 Å². The maximum absolute atomic E-state index is 12.0.